The number of amides is 1. The number of carbonyl (C=O) groups excluding carboxylic acids is 1. The summed E-state index contributed by atoms with van der Waals surface area (Å²) >= 11 is 0. The van der Waals surface area contributed by atoms with E-state index in [1.54, 1.807) is 19.0 Å². The summed E-state index contributed by atoms with van der Waals surface area (Å²) in [6.07, 6.45) is 1.54. The van der Waals surface area contributed by atoms with Gasteiger partial charge in [0, 0.05) is 40.0 Å². The summed E-state index contributed by atoms with van der Waals surface area (Å²) in [5.41, 5.74) is 2.54. The first-order valence-electron chi connectivity index (χ1n) is 6.32. The minimum atomic E-state index is 0.157. The van der Waals surface area contributed by atoms with Crippen LogP contribution in [0.15, 0.2) is 18.2 Å². The minimum absolute atomic E-state index is 0.157. The normalized spacial score (nSPS) is 13.0. The van der Waals surface area contributed by atoms with E-state index in [4.69, 9.17) is 4.74 Å². The fourth-order valence-corrected chi connectivity index (χ4v) is 2.00. The molecule has 1 aromatic carbocycles. The molecule has 0 bridgehead atoms. The number of rotatable bonds is 5. The second-order valence-corrected chi connectivity index (χ2v) is 4.76. The molecular formula is C14H20N2O2. The molecule has 98 valence electrons. The maximum absolute atomic E-state index is 11.4. The van der Waals surface area contributed by atoms with Crippen LogP contribution in [0, 0.1) is 0 Å². The molecular weight excluding hydrogens is 228 g/mol. The van der Waals surface area contributed by atoms with Gasteiger partial charge in [-0.05, 0) is 17.2 Å². The molecule has 1 aliphatic heterocycles. The number of benzene rings is 1. The molecule has 0 saturated heterocycles. The molecule has 0 spiro atoms. The Labute approximate surface area is 108 Å². The Morgan fingerprint density at radius 3 is 3.06 bits per heavy atom. The van der Waals surface area contributed by atoms with Gasteiger partial charge < -0.3 is 15.0 Å². The van der Waals surface area contributed by atoms with Crippen molar-refractivity contribution in [2.24, 2.45) is 0 Å². The summed E-state index contributed by atoms with van der Waals surface area (Å²) in [4.78, 5) is 13.0. The Hall–Kier alpha value is -1.55. The van der Waals surface area contributed by atoms with Crippen LogP contribution in [0.1, 0.15) is 17.5 Å². The maximum atomic E-state index is 11.4. The molecule has 0 aromatic heterocycles. The largest absolute Gasteiger partial charge is 0.493 e. The molecule has 0 radical (unpaired) electrons. The van der Waals surface area contributed by atoms with Crippen molar-refractivity contribution in [1.82, 2.24) is 10.2 Å². The van der Waals surface area contributed by atoms with Crippen molar-refractivity contribution in [1.29, 1.82) is 0 Å². The van der Waals surface area contributed by atoms with Crippen molar-refractivity contribution in [3.05, 3.63) is 29.3 Å². The topological polar surface area (TPSA) is 41.6 Å². The van der Waals surface area contributed by atoms with Gasteiger partial charge in [-0.15, -0.1) is 0 Å². The van der Waals surface area contributed by atoms with Gasteiger partial charge in [0.15, 0.2) is 0 Å². The first-order chi connectivity index (χ1) is 8.66. The van der Waals surface area contributed by atoms with Crippen molar-refractivity contribution in [3.63, 3.8) is 0 Å². The highest BCUT2D eigenvalue weighted by molar-refractivity contribution is 5.75. The molecule has 2 rings (SSSR count). The van der Waals surface area contributed by atoms with E-state index in [1.165, 1.54) is 11.1 Å². The Morgan fingerprint density at radius 2 is 2.28 bits per heavy atom. The third-order valence-corrected chi connectivity index (χ3v) is 3.10. The van der Waals surface area contributed by atoms with Gasteiger partial charge in [0.2, 0.25) is 5.91 Å². The third kappa shape index (κ3) is 3.23. The molecule has 0 atom stereocenters. The molecule has 4 heteroatoms. The first-order valence-corrected chi connectivity index (χ1v) is 6.32. The zero-order chi connectivity index (χ0) is 13.0. The minimum Gasteiger partial charge on any atom is -0.493 e. The number of hydrogen-bond donors (Lipinski definition) is 1. The summed E-state index contributed by atoms with van der Waals surface area (Å²) in [7, 11) is 3.56. The van der Waals surface area contributed by atoms with E-state index >= 15 is 0 Å². The maximum Gasteiger partial charge on any atom is 0.223 e. The number of fused-ring (bicyclic) bond motifs is 1. The first kappa shape index (κ1) is 12.9. The average molecular weight is 248 g/mol. The smallest absolute Gasteiger partial charge is 0.223 e. The van der Waals surface area contributed by atoms with E-state index in [0.717, 1.165) is 25.3 Å². The molecule has 1 aromatic rings. The van der Waals surface area contributed by atoms with Crippen LogP contribution < -0.4 is 10.1 Å². The summed E-state index contributed by atoms with van der Waals surface area (Å²) in [5, 5.41) is 3.29. The van der Waals surface area contributed by atoms with E-state index < -0.39 is 0 Å². The van der Waals surface area contributed by atoms with Crippen molar-refractivity contribution in [2.75, 3.05) is 27.2 Å². The van der Waals surface area contributed by atoms with Gasteiger partial charge in [-0.2, -0.15) is 0 Å². The Morgan fingerprint density at radius 1 is 1.44 bits per heavy atom. The number of ether oxygens (including phenoxy) is 1. The molecule has 1 amide bonds. The lowest BCUT2D eigenvalue weighted by Crippen LogP contribution is -2.26. The van der Waals surface area contributed by atoms with E-state index in [9.17, 15) is 4.79 Å². The molecule has 0 saturated carbocycles. The van der Waals surface area contributed by atoms with Gasteiger partial charge in [0.1, 0.15) is 5.75 Å². The van der Waals surface area contributed by atoms with Gasteiger partial charge >= 0.3 is 0 Å². The van der Waals surface area contributed by atoms with Crippen LogP contribution in [0.25, 0.3) is 0 Å². The SMILES string of the molecule is CN(C)C(=O)CCNCc1ccc2c(c1)CCO2. The number of hydrogen-bond acceptors (Lipinski definition) is 3. The predicted molar refractivity (Wildman–Crippen MR) is 70.7 cm³/mol. The molecule has 4 nitrogen and oxygen atoms in total. The van der Waals surface area contributed by atoms with Crippen LogP contribution in [-0.4, -0.2) is 38.1 Å². The standard InChI is InChI=1S/C14H20N2O2/c1-16(2)14(17)5-7-15-10-11-3-4-13-12(9-11)6-8-18-13/h3-4,9,15H,5-8,10H2,1-2H3. The van der Waals surface area contributed by atoms with Crippen molar-refractivity contribution in [2.45, 2.75) is 19.4 Å². The van der Waals surface area contributed by atoms with Crippen LogP contribution in [0.3, 0.4) is 0 Å². The van der Waals surface area contributed by atoms with Gasteiger partial charge in [0.05, 0.1) is 6.61 Å². The van der Waals surface area contributed by atoms with Crippen molar-refractivity contribution >= 4 is 5.91 Å². The zero-order valence-electron chi connectivity index (χ0n) is 11.0. The number of nitrogens with zero attached hydrogens (tertiary/aromatic N) is 1. The molecule has 0 unspecified atom stereocenters. The van der Waals surface area contributed by atoms with Crippen molar-refractivity contribution in [3.8, 4) is 5.75 Å². The van der Waals surface area contributed by atoms with Gasteiger partial charge in [-0.1, -0.05) is 12.1 Å². The van der Waals surface area contributed by atoms with Gasteiger partial charge in [0.25, 0.3) is 0 Å². The summed E-state index contributed by atoms with van der Waals surface area (Å²) < 4.78 is 5.47. The van der Waals surface area contributed by atoms with Crippen LogP contribution in [0.5, 0.6) is 5.75 Å². The molecule has 0 fully saturated rings. The molecule has 1 aliphatic rings. The van der Waals surface area contributed by atoms with E-state index in [-0.39, 0.29) is 5.91 Å². The quantitative estimate of drug-likeness (QED) is 0.796. The summed E-state index contributed by atoms with van der Waals surface area (Å²) in [6.45, 7) is 2.31. The zero-order valence-corrected chi connectivity index (χ0v) is 11.0. The Balaban J connectivity index is 1.75. The lowest BCUT2D eigenvalue weighted by Gasteiger charge is -2.10. The Bertz CT molecular complexity index is 430. The Kier molecular flexibility index (Phi) is 4.20. The van der Waals surface area contributed by atoms with E-state index in [0.29, 0.717) is 13.0 Å². The third-order valence-electron chi connectivity index (χ3n) is 3.10. The highest BCUT2D eigenvalue weighted by Gasteiger charge is 2.11. The fraction of sp³-hybridized carbons (Fsp3) is 0.500. The van der Waals surface area contributed by atoms with E-state index in [2.05, 4.69) is 17.4 Å². The molecule has 18 heavy (non-hydrogen) atoms. The second kappa shape index (κ2) is 5.87. The highest BCUT2D eigenvalue weighted by Crippen LogP contribution is 2.25. The van der Waals surface area contributed by atoms with Crippen LogP contribution in [-0.2, 0) is 17.8 Å². The van der Waals surface area contributed by atoms with Gasteiger partial charge in [-0.25, -0.2) is 0 Å². The van der Waals surface area contributed by atoms with Crippen LogP contribution in [0.2, 0.25) is 0 Å². The summed E-state index contributed by atoms with van der Waals surface area (Å²) in [5.74, 6) is 1.17. The van der Waals surface area contributed by atoms with Crippen molar-refractivity contribution < 1.29 is 9.53 Å². The second-order valence-electron chi connectivity index (χ2n) is 4.76. The monoisotopic (exact) mass is 248 g/mol. The number of carbonyl (C=O) groups is 1. The fourth-order valence-electron chi connectivity index (χ4n) is 2.00. The number of nitrogens with one attached hydrogen (secondary N) is 1. The molecule has 0 aliphatic carbocycles. The van der Waals surface area contributed by atoms with Crippen LogP contribution >= 0.6 is 0 Å². The molecule has 1 N–H and O–H groups in total. The predicted octanol–water partition coefficient (Wildman–Crippen LogP) is 1.19. The lowest BCUT2D eigenvalue weighted by atomic mass is 10.1. The highest BCUT2D eigenvalue weighted by atomic mass is 16.5. The van der Waals surface area contributed by atoms with E-state index in [1.807, 2.05) is 6.07 Å². The summed E-state index contributed by atoms with van der Waals surface area (Å²) in [6, 6.07) is 6.29. The molecule has 1 heterocycles. The lowest BCUT2D eigenvalue weighted by molar-refractivity contribution is -0.128. The van der Waals surface area contributed by atoms with Crippen LogP contribution in [0.4, 0.5) is 0 Å². The average Bonchev–Trinajstić information content (AvgIpc) is 2.81. The van der Waals surface area contributed by atoms with Gasteiger partial charge in [-0.3, -0.25) is 4.79 Å².